The second-order valence-electron chi connectivity index (χ2n) is 4.37. The maximum absolute atomic E-state index is 12.4. The van der Waals surface area contributed by atoms with Gasteiger partial charge in [0.15, 0.2) is 0 Å². The predicted molar refractivity (Wildman–Crippen MR) is 65.1 cm³/mol. The van der Waals surface area contributed by atoms with Gasteiger partial charge in [-0.15, -0.1) is 0 Å². The number of carboxylic acid groups (broad SMARTS) is 1. The number of aliphatic carboxylic acids is 1. The smallest absolute Gasteiger partial charge is 0.401 e. The molecule has 0 fully saturated rings. The lowest BCUT2D eigenvalue weighted by molar-refractivity contribution is -0.154. The SMILES string of the molecule is O=C(O)CN(Cc1c[nH]c2ncccc12)CC(F)(F)F. The molecule has 2 aromatic rings. The molecule has 2 aromatic heterocycles. The van der Waals surface area contributed by atoms with Crippen molar-refractivity contribution >= 4 is 17.0 Å². The summed E-state index contributed by atoms with van der Waals surface area (Å²) in [6.45, 7) is -2.06. The fourth-order valence-corrected chi connectivity index (χ4v) is 2.00. The van der Waals surface area contributed by atoms with E-state index in [1.165, 1.54) is 0 Å². The largest absolute Gasteiger partial charge is 0.480 e. The molecule has 108 valence electrons. The summed E-state index contributed by atoms with van der Waals surface area (Å²) in [5, 5.41) is 9.38. The van der Waals surface area contributed by atoms with E-state index in [2.05, 4.69) is 9.97 Å². The van der Waals surface area contributed by atoms with Crippen LogP contribution < -0.4 is 0 Å². The van der Waals surface area contributed by atoms with E-state index in [1.54, 1.807) is 24.5 Å². The van der Waals surface area contributed by atoms with Crippen LogP contribution in [-0.2, 0) is 11.3 Å². The number of halogens is 3. The molecule has 0 unspecified atom stereocenters. The number of alkyl halides is 3. The summed E-state index contributed by atoms with van der Waals surface area (Å²) in [5.41, 5.74) is 1.14. The van der Waals surface area contributed by atoms with Gasteiger partial charge in [-0.3, -0.25) is 9.69 Å². The molecule has 8 heteroatoms. The minimum absolute atomic E-state index is 0.114. The third kappa shape index (κ3) is 3.70. The third-order valence-corrected chi connectivity index (χ3v) is 2.69. The fourth-order valence-electron chi connectivity index (χ4n) is 2.00. The number of hydrogen-bond donors (Lipinski definition) is 2. The number of nitrogens with zero attached hydrogens (tertiary/aromatic N) is 2. The zero-order chi connectivity index (χ0) is 14.8. The second kappa shape index (κ2) is 5.49. The number of aromatic amines is 1. The first kappa shape index (κ1) is 14.3. The lowest BCUT2D eigenvalue weighted by atomic mass is 10.2. The van der Waals surface area contributed by atoms with Crippen LogP contribution in [0, 0.1) is 0 Å². The van der Waals surface area contributed by atoms with Crippen molar-refractivity contribution < 1.29 is 23.1 Å². The molecular weight excluding hydrogens is 275 g/mol. The van der Waals surface area contributed by atoms with Crippen molar-refractivity contribution in [1.82, 2.24) is 14.9 Å². The van der Waals surface area contributed by atoms with Crippen LogP contribution in [0.2, 0.25) is 0 Å². The fraction of sp³-hybridized carbons (Fsp3) is 0.333. The number of fused-ring (bicyclic) bond motifs is 1. The van der Waals surface area contributed by atoms with Gasteiger partial charge in [-0.25, -0.2) is 4.98 Å². The number of carboxylic acids is 1. The van der Waals surface area contributed by atoms with Gasteiger partial charge in [-0.05, 0) is 17.7 Å². The highest BCUT2D eigenvalue weighted by atomic mass is 19.4. The maximum Gasteiger partial charge on any atom is 0.401 e. The summed E-state index contributed by atoms with van der Waals surface area (Å²) in [4.78, 5) is 18.4. The number of rotatable bonds is 5. The minimum Gasteiger partial charge on any atom is -0.480 e. The molecule has 0 spiro atoms. The maximum atomic E-state index is 12.4. The molecule has 0 aliphatic carbocycles. The van der Waals surface area contributed by atoms with Crippen LogP contribution in [0.1, 0.15) is 5.56 Å². The van der Waals surface area contributed by atoms with E-state index in [-0.39, 0.29) is 6.54 Å². The highest BCUT2D eigenvalue weighted by Crippen LogP contribution is 2.21. The van der Waals surface area contributed by atoms with Crippen LogP contribution in [0.25, 0.3) is 11.0 Å². The summed E-state index contributed by atoms with van der Waals surface area (Å²) in [6, 6.07) is 3.39. The number of pyridine rings is 1. The van der Waals surface area contributed by atoms with E-state index >= 15 is 0 Å². The van der Waals surface area contributed by atoms with Crippen LogP contribution >= 0.6 is 0 Å². The molecule has 0 saturated heterocycles. The highest BCUT2D eigenvalue weighted by Gasteiger charge is 2.31. The van der Waals surface area contributed by atoms with Crippen LogP contribution in [0.5, 0.6) is 0 Å². The number of nitrogens with one attached hydrogen (secondary N) is 1. The van der Waals surface area contributed by atoms with Crippen LogP contribution in [0.4, 0.5) is 13.2 Å². The Bertz CT molecular complexity index is 609. The van der Waals surface area contributed by atoms with Crippen molar-refractivity contribution in [2.24, 2.45) is 0 Å². The Kier molecular flexibility index (Phi) is 3.93. The van der Waals surface area contributed by atoms with Crippen molar-refractivity contribution in [3.63, 3.8) is 0 Å². The lowest BCUT2D eigenvalue weighted by Gasteiger charge is -2.21. The Morgan fingerprint density at radius 1 is 1.45 bits per heavy atom. The number of carbonyl (C=O) groups is 1. The normalized spacial score (nSPS) is 12.2. The molecule has 0 radical (unpaired) electrons. The first-order valence-corrected chi connectivity index (χ1v) is 5.77. The van der Waals surface area contributed by atoms with Gasteiger partial charge in [-0.2, -0.15) is 13.2 Å². The molecule has 2 rings (SSSR count). The molecule has 0 aliphatic heterocycles. The van der Waals surface area contributed by atoms with Gasteiger partial charge >= 0.3 is 12.1 Å². The molecule has 2 heterocycles. The molecule has 0 amide bonds. The molecule has 0 saturated carbocycles. The number of aromatic nitrogens is 2. The molecule has 5 nitrogen and oxygen atoms in total. The van der Waals surface area contributed by atoms with E-state index in [1.807, 2.05) is 0 Å². The average molecular weight is 287 g/mol. The van der Waals surface area contributed by atoms with E-state index < -0.39 is 25.2 Å². The van der Waals surface area contributed by atoms with Crippen molar-refractivity contribution in [3.05, 3.63) is 30.1 Å². The van der Waals surface area contributed by atoms with Crippen molar-refractivity contribution in [2.45, 2.75) is 12.7 Å². The Balaban J connectivity index is 2.20. The number of H-pyrrole nitrogens is 1. The van der Waals surface area contributed by atoms with Gasteiger partial charge in [0.1, 0.15) is 5.65 Å². The van der Waals surface area contributed by atoms with E-state index in [9.17, 15) is 18.0 Å². The summed E-state index contributed by atoms with van der Waals surface area (Å²) in [5.74, 6) is -1.30. The molecule has 0 atom stereocenters. The molecular formula is C12H12F3N3O2. The summed E-state index contributed by atoms with van der Waals surface area (Å²) >= 11 is 0. The topological polar surface area (TPSA) is 69.2 Å². The Hall–Kier alpha value is -2.09. The summed E-state index contributed by atoms with van der Waals surface area (Å²) in [6.07, 6.45) is -1.34. The quantitative estimate of drug-likeness (QED) is 0.882. The zero-order valence-electron chi connectivity index (χ0n) is 10.3. The van der Waals surface area contributed by atoms with Gasteiger partial charge in [0.25, 0.3) is 0 Å². The van der Waals surface area contributed by atoms with Gasteiger partial charge in [-0.1, -0.05) is 0 Å². The zero-order valence-corrected chi connectivity index (χ0v) is 10.3. The average Bonchev–Trinajstić information content (AvgIpc) is 2.70. The molecule has 0 aliphatic rings. The molecule has 0 bridgehead atoms. The van der Waals surface area contributed by atoms with E-state index in [4.69, 9.17) is 5.11 Å². The Morgan fingerprint density at radius 3 is 2.85 bits per heavy atom. The lowest BCUT2D eigenvalue weighted by Crippen LogP contribution is -2.37. The van der Waals surface area contributed by atoms with Crippen LogP contribution in [0.15, 0.2) is 24.5 Å². The predicted octanol–water partition coefficient (Wildman–Crippen LogP) is 2.01. The van der Waals surface area contributed by atoms with Crippen molar-refractivity contribution in [1.29, 1.82) is 0 Å². The van der Waals surface area contributed by atoms with Crippen molar-refractivity contribution in [2.75, 3.05) is 13.1 Å². The summed E-state index contributed by atoms with van der Waals surface area (Å²) < 4.78 is 37.3. The van der Waals surface area contributed by atoms with Gasteiger partial charge in [0.05, 0.1) is 13.1 Å². The second-order valence-corrected chi connectivity index (χ2v) is 4.37. The van der Waals surface area contributed by atoms with E-state index in [0.717, 1.165) is 4.90 Å². The highest BCUT2D eigenvalue weighted by molar-refractivity contribution is 5.79. The Morgan fingerprint density at radius 2 is 2.20 bits per heavy atom. The number of hydrogen-bond acceptors (Lipinski definition) is 3. The Labute approximate surface area is 112 Å². The van der Waals surface area contributed by atoms with Crippen LogP contribution in [0.3, 0.4) is 0 Å². The van der Waals surface area contributed by atoms with Crippen molar-refractivity contribution in [3.8, 4) is 0 Å². The monoisotopic (exact) mass is 287 g/mol. The standard InChI is InChI=1S/C12H12F3N3O2/c13-12(14,15)7-18(6-10(19)20)5-8-4-17-11-9(8)2-1-3-16-11/h1-4H,5-7H2,(H,16,17)(H,19,20). The van der Waals surface area contributed by atoms with Gasteiger partial charge in [0.2, 0.25) is 0 Å². The van der Waals surface area contributed by atoms with Gasteiger partial charge < -0.3 is 10.1 Å². The molecule has 20 heavy (non-hydrogen) atoms. The third-order valence-electron chi connectivity index (χ3n) is 2.69. The first-order chi connectivity index (χ1) is 9.35. The van der Waals surface area contributed by atoms with E-state index in [0.29, 0.717) is 16.6 Å². The summed E-state index contributed by atoms with van der Waals surface area (Å²) in [7, 11) is 0. The molecule has 2 N–H and O–H groups in total. The van der Waals surface area contributed by atoms with Gasteiger partial charge in [0, 0.05) is 24.3 Å². The van der Waals surface area contributed by atoms with Crippen LogP contribution in [-0.4, -0.2) is 45.2 Å². The first-order valence-electron chi connectivity index (χ1n) is 5.77. The molecule has 0 aromatic carbocycles. The minimum atomic E-state index is -4.44.